The van der Waals surface area contributed by atoms with Crippen molar-refractivity contribution >= 4 is 43.1 Å². The fraction of sp³-hybridized carbons (Fsp3) is 0.469. The summed E-state index contributed by atoms with van der Waals surface area (Å²) in [5.41, 5.74) is 5.00. The van der Waals surface area contributed by atoms with Crippen LogP contribution in [0.5, 0.6) is 23.0 Å². The van der Waals surface area contributed by atoms with Gasteiger partial charge >= 0.3 is 0 Å². The molecule has 12 nitrogen and oxygen atoms in total. The molecule has 4 aliphatic rings. The summed E-state index contributed by atoms with van der Waals surface area (Å²) in [6, 6.07) is 30.9. The highest BCUT2D eigenvalue weighted by Crippen LogP contribution is 2.68. The number of aryl methyl sites for hydroxylation is 2. The number of thiazole rings is 2. The highest BCUT2D eigenvalue weighted by Gasteiger charge is 2.61. The van der Waals surface area contributed by atoms with Crippen LogP contribution in [0.1, 0.15) is 51.2 Å². The maximum Gasteiger partial charge on any atom is 0.243 e. The van der Waals surface area contributed by atoms with Gasteiger partial charge in [0.25, 0.3) is 0 Å². The van der Waals surface area contributed by atoms with E-state index in [1.165, 1.54) is 41.6 Å². The van der Waals surface area contributed by atoms with E-state index >= 15 is 0 Å². The molecule has 2 aromatic heterocycles. The molecule has 4 aromatic carbocycles. The summed E-state index contributed by atoms with van der Waals surface area (Å²) in [6.45, 7) is 9.32. The summed E-state index contributed by atoms with van der Waals surface area (Å²) >= 11 is 3.89. The fourth-order valence-electron chi connectivity index (χ4n) is 9.50. The molecule has 1 saturated carbocycles. The summed E-state index contributed by atoms with van der Waals surface area (Å²) < 4.78 is 68.3. The first kappa shape index (κ1) is 42.6. The quantitative estimate of drug-likeness (QED) is 0.166. The molecule has 0 radical (unpaired) electrons. The molecule has 0 N–H and O–H groups in total. The van der Waals surface area contributed by atoms with Crippen molar-refractivity contribution in [2.75, 3.05) is 106 Å². The van der Waals surface area contributed by atoms with Gasteiger partial charge in [0.2, 0.25) is 21.0 Å². The number of fused-ring (bicyclic) bond motifs is 11. The molecule has 1 aliphatic carbocycles. The lowest BCUT2D eigenvalue weighted by Crippen LogP contribution is -2.48. The van der Waals surface area contributed by atoms with Crippen LogP contribution in [0, 0.1) is 0 Å². The Labute approximate surface area is 376 Å². The number of hydrogen-bond acceptors (Lipinski definition) is 12. The van der Waals surface area contributed by atoms with Crippen LogP contribution in [0.3, 0.4) is 0 Å². The highest BCUT2D eigenvalue weighted by molar-refractivity contribution is 7.18. The van der Waals surface area contributed by atoms with E-state index in [1.807, 2.05) is 22.7 Å². The highest BCUT2D eigenvalue weighted by atomic mass is 32.1. The van der Waals surface area contributed by atoms with E-state index in [0.717, 1.165) is 19.5 Å². The summed E-state index contributed by atoms with van der Waals surface area (Å²) in [4.78, 5) is 0. The van der Waals surface area contributed by atoms with Crippen molar-refractivity contribution in [3.05, 3.63) is 106 Å². The summed E-state index contributed by atoms with van der Waals surface area (Å²) in [5.74, 6) is 3.27. The zero-order chi connectivity index (χ0) is 42.2. The smallest absolute Gasteiger partial charge is 0.243 e. The second kappa shape index (κ2) is 20.6. The molecule has 0 unspecified atom stereocenters. The minimum Gasteiger partial charge on any atom is -0.487 e. The maximum absolute atomic E-state index is 6.54. The molecule has 1 fully saturated rings. The molecule has 0 bridgehead atoms. The molecular weight excluding hydrogens is 841 g/mol. The normalized spacial score (nSPS) is 23.4. The Hall–Kier alpha value is -4.38. The number of rotatable bonds is 2. The summed E-state index contributed by atoms with van der Waals surface area (Å²) in [7, 11) is 0. The largest absolute Gasteiger partial charge is 0.487 e. The SMILES string of the molecule is c1ccc2c(c1)sc1[n+]2CCC[n+]2c(sc3ccccc32)[C@@H]2[C@@H](c3ccc4c(c3)OCCOCCOCCOCCO4)[C@@H](c3ccc4c(c3)OCCOCCOCCOCCO4)[C@@H]12. The van der Waals surface area contributed by atoms with Gasteiger partial charge in [-0.05, 0) is 47.5 Å². The third-order valence-electron chi connectivity index (χ3n) is 12.3. The van der Waals surface area contributed by atoms with E-state index in [2.05, 4.69) is 94.1 Å². The molecule has 63 heavy (non-hydrogen) atoms. The average Bonchev–Trinajstić information content (AvgIpc) is 3.84. The number of nitrogens with zero attached hydrogens (tertiary/aromatic N) is 2. The van der Waals surface area contributed by atoms with Gasteiger partial charge in [0, 0.05) is 24.0 Å². The van der Waals surface area contributed by atoms with Crippen molar-refractivity contribution in [2.24, 2.45) is 0 Å². The van der Waals surface area contributed by atoms with E-state index < -0.39 is 0 Å². The zero-order valence-electron chi connectivity index (χ0n) is 35.6. The minimum absolute atomic E-state index is 0.0753. The third-order valence-corrected chi connectivity index (χ3v) is 14.8. The van der Waals surface area contributed by atoms with Crippen molar-refractivity contribution in [3.63, 3.8) is 0 Å². The Kier molecular flexibility index (Phi) is 13.9. The van der Waals surface area contributed by atoms with Crippen LogP contribution < -0.4 is 28.1 Å². The molecule has 4 atom stereocenters. The van der Waals surface area contributed by atoms with Crippen LogP contribution in [0.2, 0.25) is 0 Å². The molecule has 14 heteroatoms. The second-order valence-electron chi connectivity index (χ2n) is 16.1. The van der Waals surface area contributed by atoms with E-state index in [0.29, 0.717) is 129 Å². The fourth-order valence-corrected chi connectivity index (χ4v) is 12.3. The van der Waals surface area contributed by atoms with Crippen LogP contribution in [0.15, 0.2) is 84.9 Å². The average molecular weight is 897 g/mol. The lowest BCUT2D eigenvalue weighted by Gasteiger charge is -2.48. The molecule has 0 amide bonds. The van der Waals surface area contributed by atoms with Crippen LogP contribution in [0.4, 0.5) is 0 Å². The number of para-hydroxylation sites is 2. The monoisotopic (exact) mass is 896 g/mol. The molecule has 3 aliphatic heterocycles. The van der Waals surface area contributed by atoms with Gasteiger partial charge in [-0.3, -0.25) is 0 Å². The predicted octanol–water partition coefficient (Wildman–Crippen LogP) is 7.19. The molecule has 0 saturated heterocycles. The maximum atomic E-state index is 6.54. The number of benzene rings is 4. The van der Waals surface area contributed by atoms with Gasteiger partial charge in [0.1, 0.15) is 35.8 Å². The standard InChI is InChI=1S/C49H56N2O10S2/c1-3-8-42-36(6-1)50-14-5-15-51-37-7-2-4-9-43(37)63-49(51)47-45(35-11-13-39-41(33-35)61-31-27-57-23-19-53-17-21-55-25-29-59-39)44(46(47)48(50)62-42)34-10-12-38-40(32-34)60-30-26-56-22-18-52-16-20-54-24-28-58-38/h1-4,6-13,32-33,44-47H,5,14-31H2/q+2/t44-,45+,46-,47-/m1/s1. The molecule has 0 spiro atoms. The summed E-state index contributed by atoms with van der Waals surface area (Å²) in [6.07, 6.45) is 1.02. The molecular formula is C49H56N2O10S2+2. The van der Waals surface area contributed by atoms with Crippen molar-refractivity contribution in [2.45, 2.75) is 43.2 Å². The van der Waals surface area contributed by atoms with Crippen molar-refractivity contribution < 1.29 is 56.5 Å². The first-order chi connectivity index (χ1) is 31.3. The van der Waals surface area contributed by atoms with Crippen molar-refractivity contribution in [1.29, 1.82) is 0 Å². The first-order valence-electron chi connectivity index (χ1n) is 22.4. The number of hydrogen-bond donors (Lipinski definition) is 0. The lowest BCUT2D eigenvalue weighted by atomic mass is 9.52. The molecule has 10 rings (SSSR count). The number of ether oxygens (including phenoxy) is 10. The van der Waals surface area contributed by atoms with Gasteiger partial charge < -0.3 is 47.4 Å². The van der Waals surface area contributed by atoms with E-state index in [9.17, 15) is 0 Å². The van der Waals surface area contributed by atoms with Gasteiger partial charge in [-0.15, -0.1) is 0 Å². The van der Waals surface area contributed by atoms with E-state index in [1.54, 1.807) is 0 Å². The summed E-state index contributed by atoms with van der Waals surface area (Å²) in [5, 5.41) is 2.81. The topological polar surface area (TPSA) is 100 Å². The van der Waals surface area contributed by atoms with Gasteiger partial charge in [0.05, 0.1) is 97.5 Å². The second-order valence-corrected chi connectivity index (χ2v) is 18.2. The Balaban J connectivity index is 1.10. The van der Waals surface area contributed by atoms with Gasteiger partial charge in [0.15, 0.2) is 36.1 Å². The third kappa shape index (κ3) is 9.41. The lowest BCUT2D eigenvalue weighted by molar-refractivity contribution is -0.701. The van der Waals surface area contributed by atoms with Crippen LogP contribution >= 0.6 is 22.7 Å². The van der Waals surface area contributed by atoms with E-state index in [4.69, 9.17) is 47.4 Å². The first-order valence-corrected chi connectivity index (χ1v) is 24.0. The van der Waals surface area contributed by atoms with E-state index in [-0.39, 0.29) is 23.7 Å². The van der Waals surface area contributed by atoms with Gasteiger partial charge in [-0.25, -0.2) is 0 Å². The Morgan fingerprint density at radius 3 is 1.11 bits per heavy atom. The molecule has 5 heterocycles. The Morgan fingerprint density at radius 2 is 0.714 bits per heavy atom. The predicted molar refractivity (Wildman–Crippen MR) is 239 cm³/mol. The Morgan fingerprint density at radius 1 is 0.365 bits per heavy atom. The molecule has 332 valence electrons. The molecule has 6 aromatic rings. The van der Waals surface area contributed by atoms with Crippen molar-refractivity contribution in [3.8, 4) is 23.0 Å². The minimum atomic E-state index is 0.0753. The van der Waals surface area contributed by atoms with Crippen LogP contribution in [-0.4, -0.2) is 106 Å². The van der Waals surface area contributed by atoms with Crippen LogP contribution in [-0.2, 0) is 41.5 Å². The zero-order valence-corrected chi connectivity index (χ0v) is 37.3. The number of aromatic nitrogens is 2. The van der Waals surface area contributed by atoms with Crippen LogP contribution in [0.25, 0.3) is 20.4 Å². The Bertz CT molecular complexity index is 2290. The van der Waals surface area contributed by atoms with Gasteiger partial charge in [-0.1, -0.05) is 59.1 Å². The van der Waals surface area contributed by atoms with Gasteiger partial charge in [-0.2, -0.15) is 9.13 Å². The van der Waals surface area contributed by atoms with Crippen molar-refractivity contribution in [1.82, 2.24) is 0 Å².